The number of hydrogen-bond acceptors (Lipinski definition) is 2. The summed E-state index contributed by atoms with van der Waals surface area (Å²) in [6, 6.07) is 4.61. The van der Waals surface area contributed by atoms with Crippen molar-refractivity contribution in [3.63, 3.8) is 0 Å². The van der Waals surface area contributed by atoms with Crippen LogP contribution in [-0.4, -0.2) is 29.9 Å². The molecular weight excluding hydrogens is 303 g/mol. The summed E-state index contributed by atoms with van der Waals surface area (Å²) in [5.74, 6) is -0.332. The molecule has 0 aromatic heterocycles. The fourth-order valence-electron chi connectivity index (χ4n) is 2.84. The molecule has 1 N–H and O–H groups in total. The molecule has 22 heavy (non-hydrogen) atoms. The molecule has 1 aliphatic carbocycles. The third kappa shape index (κ3) is 4.43. The second kappa shape index (κ2) is 7.93. The Labute approximate surface area is 136 Å². The van der Waals surface area contributed by atoms with Gasteiger partial charge >= 0.3 is 0 Å². The maximum atomic E-state index is 13.8. The molecule has 0 spiro atoms. The second-order valence-corrected chi connectivity index (χ2v) is 6.54. The lowest BCUT2D eigenvalue weighted by atomic mass is 9.95. The van der Waals surface area contributed by atoms with E-state index in [1.54, 1.807) is 12.1 Å². The van der Waals surface area contributed by atoms with Gasteiger partial charge in [0.15, 0.2) is 0 Å². The van der Waals surface area contributed by atoms with Gasteiger partial charge in [-0.15, -0.1) is 0 Å². The maximum absolute atomic E-state index is 13.8. The van der Waals surface area contributed by atoms with Gasteiger partial charge in [-0.25, -0.2) is 4.39 Å². The molecule has 0 unspecified atom stereocenters. The number of hydrogen-bond donors (Lipinski definition) is 1. The van der Waals surface area contributed by atoms with E-state index >= 15 is 0 Å². The van der Waals surface area contributed by atoms with E-state index in [1.807, 2.05) is 18.9 Å². The van der Waals surface area contributed by atoms with E-state index in [0.717, 1.165) is 12.8 Å². The van der Waals surface area contributed by atoms with Gasteiger partial charge in [-0.2, -0.15) is 0 Å². The Morgan fingerprint density at radius 3 is 2.73 bits per heavy atom. The molecule has 1 atom stereocenters. The first kappa shape index (κ1) is 17.2. The summed E-state index contributed by atoms with van der Waals surface area (Å²) in [5.41, 5.74) is 0.434. The lowest BCUT2D eigenvalue weighted by Gasteiger charge is -2.28. The van der Waals surface area contributed by atoms with Gasteiger partial charge in [0.1, 0.15) is 5.82 Å². The number of nitrogens with zero attached hydrogens (tertiary/aromatic N) is 1. The van der Waals surface area contributed by atoms with Crippen molar-refractivity contribution < 1.29 is 9.18 Å². The van der Waals surface area contributed by atoms with Crippen LogP contribution < -0.4 is 5.32 Å². The van der Waals surface area contributed by atoms with Gasteiger partial charge in [-0.3, -0.25) is 9.69 Å². The monoisotopic (exact) mass is 326 g/mol. The number of halogens is 2. The molecule has 122 valence electrons. The molecule has 1 aromatic rings. The minimum Gasteiger partial charge on any atom is -0.352 e. The van der Waals surface area contributed by atoms with E-state index < -0.39 is 0 Å². The van der Waals surface area contributed by atoms with Crippen molar-refractivity contribution in [2.75, 3.05) is 7.05 Å². The first-order chi connectivity index (χ1) is 10.5. The van der Waals surface area contributed by atoms with Crippen LogP contribution in [0.4, 0.5) is 4.39 Å². The number of nitrogens with one attached hydrogen (secondary N) is 1. The summed E-state index contributed by atoms with van der Waals surface area (Å²) < 4.78 is 13.8. The largest absolute Gasteiger partial charge is 0.352 e. The summed E-state index contributed by atoms with van der Waals surface area (Å²) in [4.78, 5) is 14.2. The third-order valence-corrected chi connectivity index (χ3v) is 4.82. The van der Waals surface area contributed by atoms with Crippen LogP contribution in [0.25, 0.3) is 0 Å². The Morgan fingerprint density at radius 1 is 1.41 bits per heavy atom. The molecule has 3 nitrogen and oxygen atoms in total. The van der Waals surface area contributed by atoms with Crippen LogP contribution in [0.3, 0.4) is 0 Å². The lowest BCUT2D eigenvalue weighted by molar-refractivity contribution is -0.126. The summed E-state index contributed by atoms with van der Waals surface area (Å²) in [6.45, 7) is 2.15. The van der Waals surface area contributed by atoms with Gasteiger partial charge in [0, 0.05) is 23.2 Å². The van der Waals surface area contributed by atoms with Gasteiger partial charge in [-0.1, -0.05) is 36.9 Å². The highest BCUT2D eigenvalue weighted by atomic mass is 35.5. The SMILES string of the molecule is C[C@H](C(=O)NC1CCCCC1)N(C)Cc1c(F)cccc1Cl. The number of carbonyl (C=O) groups is 1. The molecule has 0 bridgehead atoms. The first-order valence-corrected chi connectivity index (χ1v) is 8.30. The summed E-state index contributed by atoms with van der Waals surface area (Å²) in [7, 11) is 1.81. The van der Waals surface area contributed by atoms with Gasteiger partial charge in [0.05, 0.1) is 6.04 Å². The molecule has 1 amide bonds. The highest BCUT2D eigenvalue weighted by Gasteiger charge is 2.23. The molecule has 1 saturated carbocycles. The van der Waals surface area contributed by atoms with Crippen LogP contribution in [0, 0.1) is 5.82 Å². The third-order valence-electron chi connectivity index (χ3n) is 4.46. The Bertz CT molecular complexity index is 497. The van der Waals surface area contributed by atoms with Gasteiger partial charge < -0.3 is 5.32 Å². The Morgan fingerprint density at radius 2 is 2.09 bits per heavy atom. The maximum Gasteiger partial charge on any atom is 0.237 e. The van der Waals surface area contributed by atoms with Crippen molar-refractivity contribution in [2.45, 2.75) is 57.7 Å². The highest BCUT2D eigenvalue weighted by Crippen LogP contribution is 2.21. The lowest BCUT2D eigenvalue weighted by Crippen LogP contribution is -2.47. The quantitative estimate of drug-likeness (QED) is 0.893. The molecule has 2 rings (SSSR count). The molecule has 0 heterocycles. The Kier molecular flexibility index (Phi) is 6.21. The van der Waals surface area contributed by atoms with Crippen molar-refractivity contribution in [2.24, 2.45) is 0 Å². The highest BCUT2D eigenvalue weighted by molar-refractivity contribution is 6.31. The zero-order chi connectivity index (χ0) is 16.1. The van der Waals surface area contributed by atoms with E-state index in [0.29, 0.717) is 17.1 Å². The number of benzene rings is 1. The molecular formula is C17H24ClFN2O. The second-order valence-electron chi connectivity index (χ2n) is 6.13. The van der Waals surface area contributed by atoms with Crippen molar-refractivity contribution in [1.82, 2.24) is 10.2 Å². The van der Waals surface area contributed by atoms with Crippen molar-refractivity contribution in [3.05, 3.63) is 34.6 Å². The molecule has 0 saturated heterocycles. The van der Waals surface area contributed by atoms with Gasteiger partial charge in [0.2, 0.25) is 5.91 Å². The van der Waals surface area contributed by atoms with Crippen molar-refractivity contribution >= 4 is 17.5 Å². The minimum atomic E-state index is -0.334. The number of likely N-dealkylation sites (N-methyl/N-ethyl adjacent to an activating group) is 1. The first-order valence-electron chi connectivity index (χ1n) is 7.92. The zero-order valence-electron chi connectivity index (χ0n) is 13.2. The van der Waals surface area contributed by atoms with Gasteiger partial charge in [0.25, 0.3) is 0 Å². The summed E-state index contributed by atoms with van der Waals surface area (Å²) >= 11 is 6.05. The zero-order valence-corrected chi connectivity index (χ0v) is 14.0. The van der Waals surface area contributed by atoms with Crippen molar-refractivity contribution in [1.29, 1.82) is 0 Å². The van der Waals surface area contributed by atoms with Crippen LogP contribution in [0.1, 0.15) is 44.6 Å². The summed E-state index contributed by atoms with van der Waals surface area (Å²) in [6.07, 6.45) is 5.73. The van der Waals surface area contributed by atoms with Crippen LogP contribution >= 0.6 is 11.6 Å². The number of carbonyl (C=O) groups excluding carboxylic acids is 1. The topological polar surface area (TPSA) is 32.3 Å². The minimum absolute atomic E-state index is 0.00172. The number of rotatable bonds is 5. The predicted octanol–water partition coefficient (Wildman–Crippen LogP) is 3.75. The average Bonchev–Trinajstić information content (AvgIpc) is 2.51. The van der Waals surface area contributed by atoms with Crippen LogP contribution in [0.5, 0.6) is 0 Å². The summed E-state index contributed by atoms with van der Waals surface area (Å²) in [5, 5.41) is 3.50. The molecule has 5 heteroatoms. The van der Waals surface area contributed by atoms with E-state index in [9.17, 15) is 9.18 Å². The van der Waals surface area contributed by atoms with Crippen molar-refractivity contribution in [3.8, 4) is 0 Å². The molecule has 1 fully saturated rings. The Hall–Kier alpha value is -1.13. The average molecular weight is 327 g/mol. The normalized spacial score (nSPS) is 17.5. The standard InChI is InChI=1S/C17H24ClFN2O/c1-12(17(22)20-13-7-4-3-5-8-13)21(2)11-14-15(18)9-6-10-16(14)19/h6,9-10,12-13H,3-5,7-8,11H2,1-2H3,(H,20,22)/t12-/m1/s1. The predicted molar refractivity (Wildman–Crippen MR) is 87.4 cm³/mol. The van der Waals surface area contributed by atoms with Crippen LogP contribution in [0.15, 0.2) is 18.2 Å². The van der Waals surface area contributed by atoms with E-state index in [1.165, 1.54) is 25.3 Å². The van der Waals surface area contributed by atoms with E-state index in [2.05, 4.69) is 5.32 Å². The van der Waals surface area contributed by atoms with Crippen LogP contribution in [-0.2, 0) is 11.3 Å². The van der Waals surface area contributed by atoms with E-state index in [4.69, 9.17) is 11.6 Å². The smallest absolute Gasteiger partial charge is 0.237 e. The van der Waals surface area contributed by atoms with Crippen LogP contribution in [0.2, 0.25) is 5.02 Å². The van der Waals surface area contributed by atoms with Gasteiger partial charge in [-0.05, 0) is 38.9 Å². The number of amides is 1. The molecule has 0 aliphatic heterocycles. The molecule has 0 radical (unpaired) electrons. The fraction of sp³-hybridized carbons (Fsp3) is 0.588. The fourth-order valence-corrected chi connectivity index (χ4v) is 3.06. The molecule has 1 aromatic carbocycles. The van der Waals surface area contributed by atoms with E-state index in [-0.39, 0.29) is 23.8 Å². The molecule has 1 aliphatic rings. The Balaban J connectivity index is 1.93.